The fourth-order valence-corrected chi connectivity index (χ4v) is 15.1. The lowest BCUT2D eigenvalue weighted by Gasteiger charge is -2.31. The van der Waals surface area contributed by atoms with Gasteiger partial charge in [0, 0.05) is 47.3 Å². The predicted molar refractivity (Wildman–Crippen MR) is 287 cm³/mol. The molecule has 6 heterocycles. The molecule has 0 saturated carbocycles. The van der Waals surface area contributed by atoms with Crippen LogP contribution in [0.1, 0.15) is 159 Å². The Labute approximate surface area is 425 Å². The summed E-state index contributed by atoms with van der Waals surface area (Å²) in [5.74, 6) is 0.680. The quantitative estimate of drug-likeness (QED) is 0.133. The van der Waals surface area contributed by atoms with E-state index in [1.807, 2.05) is 60.2 Å². The Morgan fingerprint density at radius 3 is 1.30 bits per heavy atom. The first kappa shape index (κ1) is 52.2. The molecule has 3 aliphatic carbocycles. The van der Waals surface area contributed by atoms with Crippen LogP contribution >= 0.6 is 34.0 Å². The molecular formula is C55H68N6O6S3. The Kier molecular flexibility index (Phi) is 15.6. The largest absolute Gasteiger partial charge is 0.478 e. The van der Waals surface area contributed by atoms with Crippen molar-refractivity contribution in [2.75, 3.05) is 43.4 Å². The lowest BCUT2D eigenvalue weighted by Crippen LogP contribution is -2.23. The average Bonchev–Trinajstić information content (AvgIpc) is 3.99. The van der Waals surface area contributed by atoms with Crippen LogP contribution in [0.2, 0.25) is 0 Å². The number of fused-ring (bicyclic) bond motifs is 3. The van der Waals surface area contributed by atoms with Gasteiger partial charge in [-0.1, -0.05) is 41.5 Å². The number of methoxy groups -OCH3 is 2. The highest BCUT2D eigenvalue weighted by Crippen LogP contribution is 2.50. The highest BCUT2D eigenvalue weighted by atomic mass is 32.1. The lowest BCUT2D eigenvalue weighted by atomic mass is 9.74. The van der Waals surface area contributed by atoms with Gasteiger partial charge in [0.25, 0.3) is 0 Å². The molecule has 372 valence electrons. The number of aromatic nitrogens is 3. The first-order valence-electron chi connectivity index (χ1n) is 24.0. The molecule has 6 aromatic rings. The minimum Gasteiger partial charge on any atom is -0.478 e. The van der Waals surface area contributed by atoms with Crippen LogP contribution < -0.4 is 15.1 Å². The molecular weight excluding hydrogens is 937 g/mol. The van der Waals surface area contributed by atoms with E-state index in [1.165, 1.54) is 130 Å². The smallest absolute Gasteiger partial charge is 0.339 e. The van der Waals surface area contributed by atoms with E-state index in [2.05, 4.69) is 92.4 Å². The minimum absolute atomic E-state index is 0.213. The topological polar surface area (TPSA) is 147 Å². The number of carbonyl (C=O) groups is 3. The number of anilines is 6. The molecule has 0 radical (unpaired) electrons. The Balaban J connectivity index is 0.000000155. The number of esters is 2. The lowest BCUT2D eigenvalue weighted by molar-refractivity contribution is 0.0591. The molecule has 0 spiro atoms. The van der Waals surface area contributed by atoms with Crippen LogP contribution in [-0.4, -0.2) is 66.3 Å². The Morgan fingerprint density at radius 2 is 0.957 bits per heavy atom. The molecule has 0 bridgehead atoms. The van der Waals surface area contributed by atoms with Gasteiger partial charge in [0.1, 0.15) is 17.5 Å². The summed E-state index contributed by atoms with van der Waals surface area (Å²) >= 11 is 5.56. The standard InChI is InChI=1S/C19H24N2O2S.2C18H22N2O2S/c1-12-16-14(7-6-10-19(16,2)3)24-17(12)21(4)15-9-8-13(11-20-15)18(22)23-5;1-11-15-13(6-5-9-18(15,2)3)23-16(11)20-14-8-7-12(10-19-14)17(21)22-4;1-11-15-13(6-5-9-18(15,2)3)23-16(11)20(4)14-8-7-12(10-19-14)17(21)22/h8-9,11H,6-7,10H2,1-5H3;7-8,10H,5-6,9H2,1-4H3,(H,19,20);7-8,10H,5-6,9H2,1-4H3,(H,21,22). The molecule has 15 heteroatoms. The van der Waals surface area contributed by atoms with E-state index >= 15 is 0 Å². The number of ether oxygens (including phenoxy) is 2. The molecule has 0 aromatic carbocycles. The van der Waals surface area contributed by atoms with Crippen LogP contribution in [0, 0.1) is 20.8 Å². The number of carbonyl (C=O) groups excluding carboxylic acids is 2. The predicted octanol–water partition coefficient (Wildman–Crippen LogP) is 13.7. The molecule has 0 unspecified atom stereocenters. The van der Waals surface area contributed by atoms with E-state index in [0.29, 0.717) is 11.1 Å². The van der Waals surface area contributed by atoms with Crippen LogP contribution in [0.4, 0.5) is 32.5 Å². The van der Waals surface area contributed by atoms with Crippen molar-refractivity contribution in [2.24, 2.45) is 0 Å². The molecule has 0 fully saturated rings. The number of aromatic carboxylic acids is 1. The van der Waals surface area contributed by atoms with Crippen molar-refractivity contribution in [3.05, 3.63) is 120 Å². The molecule has 6 aromatic heterocycles. The minimum atomic E-state index is -0.948. The van der Waals surface area contributed by atoms with Crippen LogP contribution in [0.25, 0.3) is 0 Å². The number of nitrogens with one attached hydrogen (secondary N) is 1. The van der Waals surface area contributed by atoms with Crippen molar-refractivity contribution in [1.82, 2.24) is 15.0 Å². The van der Waals surface area contributed by atoms with Gasteiger partial charge in [-0.25, -0.2) is 29.3 Å². The van der Waals surface area contributed by atoms with Crippen LogP contribution in [0.5, 0.6) is 0 Å². The molecule has 70 heavy (non-hydrogen) atoms. The molecule has 0 saturated heterocycles. The molecule has 9 rings (SSSR count). The Morgan fingerprint density at radius 1 is 0.571 bits per heavy atom. The van der Waals surface area contributed by atoms with Gasteiger partial charge in [0.2, 0.25) is 0 Å². The molecule has 12 nitrogen and oxygen atoms in total. The maximum atomic E-state index is 11.5. The van der Waals surface area contributed by atoms with Crippen molar-refractivity contribution in [2.45, 2.75) is 136 Å². The van der Waals surface area contributed by atoms with Crippen molar-refractivity contribution >= 4 is 84.4 Å². The normalized spacial score (nSPS) is 15.8. The summed E-state index contributed by atoms with van der Waals surface area (Å²) in [6.07, 6.45) is 15.5. The maximum Gasteiger partial charge on any atom is 0.339 e. The van der Waals surface area contributed by atoms with Crippen molar-refractivity contribution < 1.29 is 29.0 Å². The van der Waals surface area contributed by atoms with Crippen molar-refractivity contribution in [3.8, 4) is 0 Å². The number of rotatable bonds is 9. The van der Waals surface area contributed by atoms with Gasteiger partial charge in [-0.15, -0.1) is 34.0 Å². The monoisotopic (exact) mass is 1000 g/mol. The van der Waals surface area contributed by atoms with E-state index in [4.69, 9.17) is 14.6 Å². The van der Waals surface area contributed by atoms with Crippen LogP contribution in [0.15, 0.2) is 55.0 Å². The highest BCUT2D eigenvalue weighted by molar-refractivity contribution is 7.17. The second-order valence-electron chi connectivity index (χ2n) is 20.5. The first-order chi connectivity index (χ1) is 33.1. The van der Waals surface area contributed by atoms with Gasteiger partial charge < -0.3 is 29.7 Å². The molecule has 3 aliphatic rings. The van der Waals surface area contributed by atoms with Gasteiger partial charge in [-0.05, 0) is 165 Å². The number of nitrogens with zero attached hydrogens (tertiary/aromatic N) is 5. The zero-order chi connectivity index (χ0) is 50.9. The molecule has 2 N–H and O–H groups in total. The van der Waals surface area contributed by atoms with Gasteiger partial charge >= 0.3 is 17.9 Å². The summed E-state index contributed by atoms with van der Waals surface area (Å²) in [6.45, 7) is 20.6. The summed E-state index contributed by atoms with van der Waals surface area (Å²) in [7, 11) is 6.79. The summed E-state index contributed by atoms with van der Waals surface area (Å²) in [4.78, 5) is 55.7. The van der Waals surface area contributed by atoms with Crippen LogP contribution in [0.3, 0.4) is 0 Å². The second-order valence-corrected chi connectivity index (χ2v) is 23.8. The Bertz CT molecular complexity index is 2860. The van der Waals surface area contributed by atoms with E-state index in [9.17, 15) is 14.4 Å². The number of hydrogen-bond acceptors (Lipinski definition) is 14. The maximum absolute atomic E-state index is 11.5. The van der Waals surface area contributed by atoms with Crippen LogP contribution in [-0.2, 0) is 45.0 Å². The summed E-state index contributed by atoms with van der Waals surface area (Å²) in [5.41, 5.74) is 10.4. The number of aryl methyl sites for hydroxylation is 3. The van der Waals surface area contributed by atoms with Crippen molar-refractivity contribution in [3.63, 3.8) is 0 Å². The van der Waals surface area contributed by atoms with Gasteiger partial charge in [0.05, 0.1) is 45.9 Å². The third-order valence-electron chi connectivity index (χ3n) is 14.1. The number of carboxylic acid groups (broad SMARTS) is 1. The zero-order valence-electron chi connectivity index (χ0n) is 43.0. The SMILES string of the molecule is COC(=O)c1ccc(N(C)c2sc3c(c2C)C(C)(C)CCC3)nc1.COC(=O)c1ccc(Nc2sc3c(c2C)C(C)(C)CCC3)nc1.Cc1c(N(C)c2ccc(C(=O)O)cn2)sc2c1C(C)(C)CCC2. The average molecular weight is 1010 g/mol. The van der Waals surface area contributed by atoms with Gasteiger partial charge in [0.15, 0.2) is 0 Å². The number of pyridine rings is 3. The van der Waals surface area contributed by atoms with E-state index in [-0.39, 0.29) is 33.7 Å². The third kappa shape index (κ3) is 10.8. The fourth-order valence-electron chi connectivity index (χ4n) is 10.6. The fraction of sp³-hybridized carbons (Fsp3) is 0.455. The van der Waals surface area contributed by atoms with E-state index < -0.39 is 5.97 Å². The third-order valence-corrected chi connectivity index (χ3v) is 18.3. The number of carboxylic acids is 1. The van der Waals surface area contributed by atoms with Gasteiger partial charge in [-0.3, -0.25) is 0 Å². The first-order valence-corrected chi connectivity index (χ1v) is 26.4. The van der Waals surface area contributed by atoms with E-state index in [1.54, 1.807) is 36.7 Å². The molecule has 0 atom stereocenters. The summed E-state index contributed by atoms with van der Waals surface area (Å²) in [6, 6.07) is 10.6. The highest BCUT2D eigenvalue weighted by Gasteiger charge is 2.35. The Hall–Kier alpha value is -5.64. The molecule has 0 aliphatic heterocycles. The molecule has 0 amide bonds. The van der Waals surface area contributed by atoms with Gasteiger partial charge in [-0.2, -0.15) is 0 Å². The number of thiophene rings is 3. The number of hydrogen-bond donors (Lipinski definition) is 2. The van der Waals surface area contributed by atoms with Crippen molar-refractivity contribution in [1.29, 1.82) is 0 Å². The van der Waals surface area contributed by atoms with E-state index in [0.717, 1.165) is 28.9 Å². The zero-order valence-corrected chi connectivity index (χ0v) is 45.5. The summed E-state index contributed by atoms with van der Waals surface area (Å²) in [5, 5.41) is 16.0. The second kappa shape index (κ2) is 21.0. The summed E-state index contributed by atoms with van der Waals surface area (Å²) < 4.78 is 9.42.